The molecule has 0 bridgehead atoms. The molecule has 1 aromatic carbocycles. The lowest BCUT2D eigenvalue weighted by Gasteiger charge is -2.29. The van der Waals surface area contributed by atoms with E-state index in [1.54, 1.807) is 12.1 Å². The number of carbonyl (C=O) groups is 1. The Morgan fingerprint density at radius 2 is 2.20 bits per heavy atom. The zero-order chi connectivity index (χ0) is 14.8. The lowest BCUT2D eigenvalue weighted by Crippen LogP contribution is -2.42. The molecular formula is C14H21BN2O3. The third-order valence-corrected chi connectivity index (χ3v) is 3.94. The Bertz CT molecular complexity index is 505. The second-order valence-electron chi connectivity index (χ2n) is 5.67. The molecule has 1 heterocycles. The fourth-order valence-corrected chi connectivity index (χ4v) is 2.34. The fourth-order valence-electron chi connectivity index (χ4n) is 2.34. The number of benzene rings is 1. The summed E-state index contributed by atoms with van der Waals surface area (Å²) in [6.45, 7) is 7.48. The zero-order valence-corrected chi connectivity index (χ0v) is 12.2. The molecular weight excluding hydrogens is 255 g/mol. The molecule has 0 spiro atoms. The first-order valence-electron chi connectivity index (χ1n) is 6.89. The van der Waals surface area contributed by atoms with Gasteiger partial charge in [-0.25, -0.2) is 5.84 Å². The minimum absolute atomic E-state index is 0.0000923. The highest BCUT2D eigenvalue weighted by Crippen LogP contribution is 2.35. The molecule has 2 rings (SSSR count). The van der Waals surface area contributed by atoms with Crippen LogP contribution in [0.1, 0.15) is 37.6 Å². The number of carbonyl (C=O) groups excluding carboxylic acids is 1. The van der Waals surface area contributed by atoms with Crippen molar-refractivity contribution in [1.82, 2.24) is 5.43 Å². The number of nitrogens with one attached hydrogen (secondary N) is 1. The minimum atomic E-state index is -0.326. The Kier molecular flexibility index (Phi) is 4.35. The summed E-state index contributed by atoms with van der Waals surface area (Å²) in [6, 6.07) is 5.37. The lowest BCUT2D eigenvalue weighted by molar-refractivity contribution is 0.0953. The Morgan fingerprint density at radius 1 is 1.45 bits per heavy atom. The number of hydrogen-bond acceptors (Lipinski definition) is 4. The average Bonchev–Trinajstić information content (AvgIpc) is 2.68. The molecule has 5 nitrogen and oxygen atoms in total. The van der Waals surface area contributed by atoms with Crippen LogP contribution in [0.3, 0.4) is 0 Å². The van der Waals surface area contributed by atoms with Gasteiger partial charge >= 0.3 is 6.92 Å². The maximum atomic E-state index is 11.6. The molecule has 0 aromatic heterocycles. The number of rotatable bonds is 3. The largest absolute Gasteiger partial charge is 0.492 e. The predicted molar refractivity (Wildman–Crippen MR) is 79.3 cm³/mol. The third-order valence-electron chi connectivity index (χ3n) is 3.94. The second kappa shape index (κ2) is 5.85. The number of hydrazine groups is 1. The SMILES string of the molecule is CCC(C)(C)B1OCCOc2cc(C(=O)NN)ccc21. The summed E-state index contributed by atoms with van der Waals surface area (Å²) in [4.78, 5) is 11.6. The average molecular weight is 276 g/mol. The molecule has 1 aliphatic rings. The van der Waals surface area contributed by atoms with Gasteiger partial charge in [-0.1, -0.05) is 33.3 Å². The van der Waals surface area contributed by atoms with Gasteiger partial charge in [0.25, 0.3) is 5.91 Å². The van der Waals surface area contributed by atoms with Crippen molar-refractivity contribution in [2.75, 3.05) is 13.2 Å². The Labute approximate surface area is 119 Å². The van der Waals surface area contributed by atoms with Crippen LogP contribution in [0.15, 0.2) is 18.2 Å². The number of fused-ring (bicyclic) bond motifs is 1. The molecule has 6 heteroatoms. The Morgan fingerprint density at radius 3 is 2.85 bits per heavy atom. The van der Waals surface area contributed by atoms with Crippen molar-refractivity contribution in [3.63, 3.8) is 0 Å². The monoisotopic (exact) mass is 276 g/mol. The fraction of sp³-hybridized carbons (Fsp3) is 0.500. The van der Waals surface area contributed by atoms with Gasteiger partial charge in [0.15, 0.2) is 0 Å². The first-order chi connectivity index (χ1) is 9.49. The summed E-state index contributed by atoms with van der Waals surface area (Å²) in [5.41, 5.74) is 3.61. The predicted octanol–water partition coefficient (Wildman–Crippen LogP) is 1.09. The van der Waals surface area contributed by atoms with Crippen molar-refractivity contribution < 1.29 is 14.2 Å². The Balaban J connectivity index is 2.43. The molecule has 0 radical (unpaired) electrons. The van der Waals surface area contributed by atoms with E-state index in [1.165, 1.54) is 0 Å². The highest BCUT2D eigenvalue weighted by molar-refractivity contribution is 6.71. The lowest BCUT2D eigenvalue weighted by atomic mass is 9.42. The number of nitrogen functional groups attached to an aromatic ring is 1. The molecule has 1 amide bonds. The van der Waals surface area contributed by atoms with Crippen LogP contribution in [-0.4, -0.2) is 26.0 Å². The highest BCUT2D eigenvalue weighted by Gasteiger charge is 2.38. The second-order valence-corrected chi connectivity index (χ2v) is 5.67. The molecule has 0 aliphatic carbocycles. The van der Waals surface area contributed by atoms with Crippen LogP contribution in [0.2, 0.25) is 5.31 Å². The van der Waals surface area contributed by atoms with E-state index in [1.807, 2.05) is 6.07 Å². The molecule has 1 aliphatic heterocycles. The van der Waals surface area contributed by atoms with Gasteiger partial charge in [0.1, 0.15) is 12.4 Å². The van der Waals surface area contributed by atoms with Crippen molar-refractivity contribution in [3.8, 4) is 5.75 Å². The quantitative estimate of drug-likeness (QED) is 0.375. The number of amides is 1. The van der Waals surface area contributed by atoms with Gasteiger partial charge < -0.3 is 9.39 Å². The van der Waals surface area contributed by atoms with Crippen LogP contribution in [0.5, 0.6) is 5.75 Å². The first-order valence-corrected chi connectivity index (χ1v) is 6.89. The topological polar surface area (TPSA) is 73.6 Å². The van der Waals surface area contributed by atoms with E-state index in [9.17, 15) is 4.79 Å². The first kappa shape index (κ1) is 14.9. The summed E-state index contributed by atoms with van der Waals surface area (Å²) < 4.78 is 11.7. The number of hydrogen-bond donors (Lipinski definition) is 2. The Hall–Kier alpha value is -1.53. The van der Waals surface area contributed by atoms with Crippen LogP contribution < -0.4 is 21.5 Å². The van der Waals surface area contributed by atoms with Crippen molar-refractivity contribution in [2.45, 2.75) is 32.5 Å². The van der Waals surface area contributed by atoms with Crippen LogP contribution >= 0.6 is 0 Å². The maximum Gasteiger partial charge on any atom is 0.336 e. The van der Waals surface area contributed by atoms with Gasteiger partial charge in [0.05, 0.1) is 6.61 Å². The van der Waals surface area contributed by atoms with Crippen molar-refractivity contribution in [1.29, 1.82) is 0 Å². The molecule has 0 saturated heterocycles. The number of ether oxygens (including phenoxy) is 1. The summed E-state index contributed by atoms with van der Waals surface area (Å²) in [6.07, 6.45) is 0.988. The highest BCUT2D eigenvalue weighted by atomic mass is 16.5. The molecule has 1 aromatic rings. The van der Waals surface area contributed by atoms with E-state index < -0.39 is 0 Å². The molecule has 108 valence electrons. The standard InChI is InChI=1S/C14H21BN2O3/c1-4-14(2,3)15-11-6-5-10(13(18)17-16)9-12(11)19-7-8-20-15/h5-6,9H,4,7-8,16H2,1-3H3,(H,17,18). The van der Waals surface area contributed by atoms with E-state index >= 15 is 0 Å². The van der Waals surface area contributed by atoms with Crippen molar-refractivity contribution in [2.24, 2.45) is 5.84 Å². The van der Waals surface area contributed by atoms with E-state index in [0.717, 1.165) is 11.9 Å². The van der Waals surface area contributed by atoms with E-state index in [0.29, 0.717) is 24.5 Å². The summed E-state index contributed by atoms with van der Waals surface area (Å²) >= 11 is 0. The van der Waals surface area contributed by atoms with E-state index in [4.69, 9.17) is 15.2 Å². The normalized spacial score (nSPS) is 15.1. The van der Waals surface area contributed by atoms with Gasteiger partial charge in [-0.3, -0.25) is 10.2 Å². The minimum Gasteiger partial charge on any atom is -0.492 e. The maximum absolute atomic E-state index is 11.6. The van der Waals surface area contributed by atoms with Crippen LogP contribution in [0.25, 0.3) is 0 Å². The molecule has 0 fully saturated rings. The molecule has 0 atom stereocenters. The van der Waals surface area contributed by atoms with Gasteiger partial charge in [0, 0.05) is 5.56 Å². The molecule has 3 N–H and O–H groups in total. The van der Waals surface area contributed by atoms with Gasteiger partial charge in [-0.05, 0) is 22.9 Å². The third kappa shape index (κ3) is 2.81. The van der Waals surface area contributed by atoms with Crippen LogP contribution in [-0.2, 0) is 4.65 Å². The smallest absolute Gasteiger partial charge is 0.336 e. The number of nitrogens with two attached hydrogens (primary N) is 1. The zero-order valence-electron chi connectivity index (χ0n) is 12.2. The molecule has 0 saturated carbocycles. The van der Waals surface area contributed by atoms with Gasteiger partial charge in [0.2, 0.25) is 0 Å². The molecule has 20 heavy (non-hydrogen) atoms. The van der Waals surface area contributed by atoms with E-state index in [-0.39, 0.29) is 18.1 Å². The molecule has 0 unspecified atom stereocenters. The van der Waals surface area contributed by atoms with Gasteiger partial charge in [-0.2, -0.15) is 0 Å². The van der Waals surface area contributed by atoms with Crippen molar-refractivity contribution >= 4 is 18.3 Å². The summed E-state index contributed by atoms with van der Waals surface area (Å²) in [5, 5.41) is 0.0000923. The van der Waals surface area contributed by atoms with Crippen LogP contribution in [0, 0.1) is 0 Å². The van der Waals surface area contributed by atoms with Crippen LogP contribution in [0.4, 0.5) is 0 Å². The van der Waals surface area contributed by atoms with Crippen molar-refractivity contribution in [3.05, 3.63) is 23.8 Å². The summed E-state index contributed by atoms with van der Waals surface area (Å²) in [7, 11) is 0. The summed E-state index contributed by atoms with van der Waals surface area (Å²) in [5.74, 6) is 5.54. The van der Waals surface area contributed by atoms with E-state index in [2.05, 4.69) is 26.2 Å². The van der Waals surface area contributed by atoms with Gasteiger partial charge in [-0.15, -0.1) is 0 Å².